The summed E-state index contributed by atoms with van der Waals surface area (Å²) in [5.74, 6) is -0.272. The Hall–Kier alpha value is -1.44. The van der Waals surface area contributed by atoms with Crippen LogP contribution in [0.3, 0.4) is 0 Å². The highest BCUT2D eigenvalue weighted by Crippen LogP contribution is 2.24. The number of carbonyl (C=O) groups is 1. The second-order valence-electron chi connectivity index (χ2n) is 6.99. The van der Waals surface area contributed by atoms with E-state index in [0.29, 0.717) is 30.8 Å². The quantitative estimate of drug-likeness (QED) is 0.723. The van der Waals surface area contributed by atoms with Crippen molar-refractivity contribution in [1.82, 2.24) is 9.62 Å². The zero-order valence-electron chi connectivity index (χ0n) is 15.8. The fourth-order valence-corrected chi connectivity index (χ4v) is 5.00. The van der Waals surface area contributed by atoms with Crippen LogP contribution in [0.25, 0.3) is 0 Å². The Bertz CT molecular complexity index is 713. The third-order valence-corrected chi connectivity index (χ3v) is 6.95. The first-order chi connectivity index (χ1) is 12.4. The van der Waals surface area contributed by atoms with Crippen LogP contribution in [0.15, 0.2) is 23.1 Å². The predicted molar refractivity (Wildman–Crippen MR) is 104 cm³/mol. The van der Waals surface area contributed by atoms with E-state index in [-0.39, 0.29) is 16.8 Å². The summed E-state index contributed by atoms with van der Waals surface area (Å²) in [6.07, 6.45) is 5.68. The van der Waals surface area contributed by atoms with E-state index in [9.17, 15) is 13.2 Å². The van der Waals surface area contributed by atoms with Crippen molar-refractivity contribution in [3.8, 4) is 0 Å². The number of aryl methyl sites for hydroxylation is 1. The SMILES string of the molecule is CCCCC(CN)NC(=O)c1ccc(C)c(S(=O)(=O)N2CCCCC2)c1. The number of nitrogens with two attached hydrogens (primary N) is 1. The summed E-state index contributed by atoms with van der Waals surface area (Å²) < 4.78 is 27.5. The molecule has 1 fully saturated rings. The summed E-state index contributed by atoms with van der Waals surface area (Å²) in [5, 5.41) is 2.92. The first-order valence-corrected chi connectivity index (χ1v) is 11.0. The van der Waals surface area contributed by atoms with E-state index in [1.54, 1.807) is 19.1 Å². The number of piperidine rings is 1. The third kappa shape index (κ3) is 5.05. The topological polar surface area (TPSA) is 92.5 Å². The Morgan fingerprint density at radius 3 is 2.58 bits per heavy atom. The molecule has 1 aliphatic rings. The molecular weight excluding hydrogens is 350 g/mol. The van der Waals surface area contributed by atoms with Crippen LogP contribution in [0.2, 0.25) is 0 Å². The number of sulfonamides is 1. The highest BCUT2D eigenvalue weighted by atomic mass is 32.2. The van der Waals surface area contributed by atoms with Gasteiger partial charge in [0.1, 0.15) is 0 Å². The van der Waals surface area contributed by atoms with Crippen LogP contribution in [-0.4, -0.2) is 44.3 Å². The summed E-state index contributed by atoms with van der Waals surface area (Å²) in [4.78, 5) is 12.8. The van der Waals surface area contributed by atoms with Gasteiger partial charge in [-0.1, -0.05) is 32.3 Å². The molecule has 0 radical (unpaired) electrons. The normalized spacial score (nSPS) is 17.0. The zero-order valence-corrected chi connectivity index (χ0v) is 16.6. The van der Waals surface area contributed by atoms with Gasteiger partial charge in [0.25, 0.3) is 5.91 Å². The Morgan fingerprint density at radius 1 is 1.27 bits per heavy atom. The summed E-state index contributed by atoms with van der Waals surface area (Å²) in [7, 11) is -3.57. The fraction of sp³-hybridized carbons (Fsp3) is 0.632. The number of nitrogens with zero attached hydrogens (tertiary/aromatic N) is 1. The highest BCUT2D eigenvalue weighted by molar-refractivity contribution is 7.89. The van der Waals surface area contributed by atoms with Gasteiger partial charge < -0.3 is 11.1 Å². The molecule has 1 amide bonds. The van der Waals surface area contributed by atoms with Crippen molar-refractivity contribution in [2.45, 2.75) is 63.3 Å². The summed E-state index contributed by atoms with van der Waals surface area (Å²) in [6, 6.07) is 4.79. The van der Waals surface area contributed by atoms with Gasteiger partial charge in [-0.05, 0) is 43.9 Å². The van der Waals surface area contributed by atoms with Crippen molar-refractivity contribution in [1.29, 1.82) is 0 Å². The fourth-order valence-electron chi connectivity index (χ4n) is 3.23. The molecule has 0 saturated carbocycles. The van der Waals surface area contributed by atoms with Crippen molar-refractivity contribution in [2.75, 3.05) is 19.6 Å². The van der Waals surface area contributed by atoms with Crippen LogP contribution in [0.5, 0.6) is 0 Å². The maximum Gasteiger partial charge on any atom is 0.251 e. The average Bonchev–Trinajstić information content (AvgIpc) is 2.65. The Kier molecular flexibility index (Phi) is 7.61. The number of benzene rings is 1. The van der Waals surface area contributed by atoms with Gasteiger partial charge in [0.2, 0.25) is 10.0 Å². The first kappa shape index (κ1) is 20.9. The number of nitrogens with one attached hydrogen (secondary N) is 1. The van der Waals surface area contributed by atoms with Crippen LogP contribution in [0.4, 0.5) is 0 Å². The second kappa shape index (κ2) is 9.48. The van der Waals surface area contributed by atoms with Crippen molar-refractivity contribution < 1.29 is 13.2 Å². The molecule has 26 heavy (non-hydrogen) atoms. The van der Waals surface area contributed by atoms with E-state index >= 15 is 0 Å². The van der Waals surface area contributed by atoms with E-state index in [1.165, 1.54) is 10.4 Å². The molecule has 0 bridgehead atoms. The molecule has 1 atom stereocenters. The number of hydrogen-bond acceptors (Lipinski definition) is 4. The van der Waals surface area contributed by atoms with Crippen LogP contribution in [0.1, 0.15) is 61.4 Å². The molecule has 6 nitrogen and oxygen atoms in total. The van der Waals surface area contributed by atoms with E-state index in [4.69, 9.17) is 5.73 Å². The lowest BCUT2D eigenvalue weighted by Crippen LogP contribution is -2.40. The molecule has 1 unspecified atom stereocenters. The molecule has 1 aromatic rings. The highest BCUT2D eigenvalue weighted by Gasteiger charge is 2.28. The molecule has 7 heteroatoms. The lowest BCUT2D eigenvalue weighted by atomic mass is 10.1. The standard InChI is InChI=1S/C19H31N3O3S/c1-3-4-8-17(14-20)21-19(23)16-10-9-15(2)18(13-16)26(24,25)22-11-6-5-7-12-22/h9-10,13,17H,3-8,11-12,14,20H2,1-2H3,(H,21,23). The smallest absolute Gasteiger partial charge is 0.251 e. The van der Waals surface area contributed by atoms with Gasteiger partial charge in [-0.25, -0.2) is 8.42 Å². The maximum atomic E-state index is 13.0. The monoisotopic (exact) mass is 381 g/mol. The van der Waals surface area contributed by atoms with Crippen molar-refractivity contribution in [2.24, 2.45) is 5.73 Å². The molecule has 1 saturated heterocycles. The van der Waals surface area contributed by atoms with Gasteiger partial charge in [0.15, 0.2) is 0 Å². The molecule has 1 aromatic carbocycles. The lowest BCUT2D eigenvalue weighted by molar-refractivity contribution is 0.0935. The number of rotatable bonds is 8. The largest absolute Gasteiger partial charge is 0.348 e. The third-order valence-electron chi connectivity index (χ3n) is 4.91. The second-order valence-corrected chi connectivity index (χ2v) is 8.90. The Morgan fingerprint density at radius 2 is 1.96 bits per heavy atom. The van der Waals surface area contributed by atoms with E-state index in [0.717, 1.165) is 38.5 Å². The van der Waals surface area contributed by atoms with Gasteiger partial charge in [-0.15, -0.1) is 0 Å². The van der Waals surface area contributed by atoms with Gasteiger partial charge in [0, 0.05) is 31.2 Å². The molecule has 2 rings (SSSR count). The maximum absolute atomic E-state index is 13.0. The van der Waals surface area contributed by atoms with Crippen LogP contribution >= 0.6 is 0 Å². The number of amides is 1. The molecule has 0 spiro atoms. The summed E-state index contributed by atoms with van der Waals surface area (Å²) >= 11 is 0. The number of unbranched alkanes of at least 4 members (excludes halogenated alkanes) is 1. The minimum absolute atomic E-state index is 0.0918. The lowest BCUT2D eigenvalue weighted by Gasteiger charge is -2.26. The van der Waals surface area contributed by atoms with Crippen LogP contribution in [-0.2, 0) is 10.0 Å². The molecular formula is C19H31N3O3S. The summed E-state index contributed by atoms with van der Waals surface area (Å²) in [5.41, 5.74) is 6.77. The van der Waals surface area contributed by atoms with Gasteiger partial charge in [0.05, 0.1) is 4.90 Å². The Balaban J connectivity index is 2.21. The molecule has 0 aliphatic carbocycles. The molecule has 3 N–H and O–H groups in total. The molecule has 0 aromatic heterocycles. The van der Waals surface area contributed by atoms with E-state index < -0.39 is 10.0 Å². The van der Waals surface area contributed by atoms with Crippen molar-refractivity contribution >= 4 is 15.9 Å². The average molecular weight is 382 g/mol. The van der Waals surface area contributed by atoms with Crippen LogP contribution < -0.4 is 11.1 Å². The van der Waals surface area contributed by atoms with E-state index in [1.807, 2.05) is 0 Å². The van der Waals surface area contributed by atoms with Gasteiger partial charge in [-0.2, -0.15) is 4.31 Å². The van der Waals surface area contributed by atoms with Crippen LogP contribution in [0, 0.1) is 6.92 Å². The molecule has 1 heterocycles. The predicted octanol–water partition coefficient (Wildman–Crippen LogP) is 2.42. The first-order valence-electron chi connectivity index (χ1n) is 9.52. The number of hydrogen-bond donors (Lipinski definition) is 2. The van der Waals surface area contributed by atoms with Crippen molar-refractivity contribution in [3.05, 3.63) is 29.3 Å². The van der Waals surface area contributed by atoms with Crippen molar-refractivity contribution in [3.63, 3.8) is 0 Å². The molecule has 1 aliphatic heterocycles. The van der Waals surface area contributed by atoms with Gasteiger partial charge >= 0.3 is 0 Å². The van der Waals surface area contributed by atoms with Gasteiger partial charge in [-0.3, -0.25) is 4.79 Å². The van der Waals surface area contributed by atoms with E-state index in [2.05, 4.69) is 12.2 Å². The molecule has 146 valence electrons. The Labute approximate surface area is 157 Å². The zero-order chi connectivity index (χ0) is 19.2. The minimum atomic E-state index is -3.57. The minimum Gasteiger partial charge on any atom is -0.348 e. The number of carbonyl (C=O) groups excluding carboxylic acids is 1. The summed E-state index contributed by atoms with van der Waals surface area (Å²) in [6.45, 7) is 5.32.